The van der Waals surface area contributed by atoms with E-state index < -0.39 is 55.5 Å². The quantitative estimate of drug-likeness (QED) is 0.172. The number of rotatable bonds is 14. The lowest BCUT2D eigenvalue weighted by Gasteiger charge is -2.25. The topological polar surface area (TPSA) is 133 Å². The number of carbonyl (C=O) groups excluding carboxylic acids is 1. The van der Waals surface area contributed by atoms with Crippen molar-refractivity contribution in [1.29, 1.82) is 0 Å². The largest absolute Gasteiger partial charge is 0.416 e. The van der Waals surface area contributed by atoms with Crippen LogP contribution >= 0.6 is 0 Å². The van der Waals surface area contributed by atoms with Gasteiger partial charge in [0.05, 0.1) is 40.6 Å². The second-order valence-corrected chi connectivity index (χ2v) is 14.5. The monoisotopic (exact) mass is 689 g/mol. The van der Waals surface area contributed by atoms with Crippen LogP contribution in [0.2, 0.25) is 0 Å². The number of alkyl halides is 3. The van der Waals surface area contributed by atoms with E-state index in [4.69, 9.17) is 0 Å². The molecule has 47 heavy (non-hydrogen) atoms. The number of anilines is 2. The molecule has 0 radical (unpaired) electrons. The number of nitrogens with one attached hydrogen (secondary N) is 2. The zero-order valence-electron chi connectivity index (χ0n) is 25.3. The molecule has 0 aliphatic carbocycles. The molecule has 0 saturated heterocycles. The summed E-state index contributed by atoms with van der Waals surface area (Å²) in [6, 6.07) is 27.1. The summed E-state index contributed by atoms with van der Waals surface area (Å²) >= 11 is 0. The van der Waals surface area contributed by atoms with Gasteiger partial charge in [-0.15, -0.1) is 0 Å². The van der Waals surface area contributed by atoms with Gasteiger partial charge in [-0.3, -0.25) is 4.79 Å². The van der Waals surface area contributed by atoms with Crippen LogP contribution in [0.25, 0.3) is 0 Å². The van der Waals surface area contributed by atoms with Crippen LogP contribution in [-0.2, 0) is 39.2 Å². The maximum atomic E-state index is 13.4. The summed E-state index contributed by atoms with van der Waals surface area (Å²) in [4.78, 5) is 13.4. The van der Waals surface area contributed by atoms with E-state index in [9.17, 15) is 39.9 Å². The summed E-state index contributed by atoms with van der Waals surface area (Å²) in [6.45, 7) is -0.169. The van der Waals surface area contributed by atoms with E-state index in [2.05, 4.69) is 5.32 Å². The lowest BCUT2D eigenvalue weighted by Crippen LogP contribution is -2.42. The number of halogens is 3. The number of carbonyl (C=O) groups is 1. The fourth-order valence-electron chi connectivity index (χ4n) is 5.05. The second kappa shape index (κ2) is 15.1. The standard InChI is InChI=1S/C33H34F3N3O6S2/c1-46(42,43)39(28-15-6-3-7-16-28)30-18-9-8-17-29(30)32(41)38-47(44,45)23-26(19-24-11-4-2-5-12-24)31(40)22-37-21-25-13-10-14-27(20-25)33(34,35)36/h2-18,20,26,31,37,40H,19,21-23H2,1H3,(H,38,41)/t26-,31+/m1/s1. The lowest BCUT2D eigenvalue weighted by atomic mass is 9.95. The number of benzene rings is 4. The molecular formula is C33H34F3N3O6S2. The second-order valence-electron chi connectivity index (χ2n) is 10.9. The van der Waals surface area contributed by atoms with Crippen molar-refractivity contribution >= 4 is 37.3 Å². The Hall–Kier alpha value is -4.24. The number of para-hydroxylation sites is 2. The molecule has 0 spiro atoms. The van der Waals surface area contributed by atoms with Gasteiger partial charge in [-0.1, -0.05) is 78.9 Å². The molecule has 9 nitrogen and oxygen atoms in total. The Morgan fingerprint density at radius 1 is 0.830 bits per heavy atom. The zero-order chi connectivity index (χ0) is 34.2. The maximum absolute atomic E-state index is 13.4. The minimum absolute atomic E-state index is 0.0163. The third-order valence-electron chi connectivity index (χ3n) is 7.19. The molecular weight excluding hydrogens is 656 g/mol. The fourth-order valence-corrected chi connectivity index (χ4v) is 7.45. The Kier molecular flexibility index (Phi) is 11.4. The lowest BCUT2D eigenvalue weighted by molar-refractivity contribution is -0.137. The Labute approximate surface area is 272 Å². The van der Waals surface area contributed by atoms with Crippen LogP contribution in [0.5, 0.6) is 0 Å². The van der Waals surface area contributed by atoms with E-state index in [-0.39, 0.29) is 36.4 Å². The molecule has 0 bridgehead atoms. The molecule has 0 aliphatic rings. The van der Waals surface area contributed by atoms with Gasteiger partial charge in [0.25, 0.3) is 5.91 Å². The number of amides is 1. The van der Waals surface area contributed by atoms with Gasteiger partial charge in [0, 0.05) is 19.0 Å². The van der Waals surface area contributed by atoms with Crippen LogP contribution in [0, 0.1) is 5.92 Å². The highest BCUT2D eigenvalue weighted by atomic mass is 32.2. The van der Waals surface area contributed by atoms with E-state index >= 15 is 0 Å². The van der Waals surface area contributed by atoms with Gasteiger partial charge in [-0.2, -0.15) is 13.2 Å². The predicted octanol–water partition coefficient (Wildman–Crippen LogP) is 4.87. The van der Waals surface area contributed by atoms with Gasteiger partial charge in [-0.25, -0.2) is 25.9 Å². The first-order chi connectivity index (χ1) is 22.1. The van der Waals surface area contributed by atoms with Crippen molar-refractivity contribution in [2.45, 2.75) is 25.2 Å². The summed E-state index contributed by atoms with van der Waals surface area (Å²) in [5, 5.41) is 14.0. The molecule has 0 heterocycles. The van der Waals surface area contributed by atoms with Crippen molar-refractivity contribution in [2.24, 2.45) is 5.92 Å². The van der Waals surface area contributed by atoms with E-state index in [1.54, 1.807) is 48.5 Å². The average Bonchev–Trinajstić information content (AvgIpc) is 3.01. The van der Waals surface area contributed by atoms with E-state index in [1.807, 2.05) is 4.72 Å². The SMILES string of the molecule is CS(=O)(=O)N(c1ccccc1)c1ccccc1C(=O)NS(=O)(=O)C[C@@H](Cc1ccccc1)[C@@H](O)CNCc1cccc(C(F)(F)F)c1. The normalized spacial score (nSPS) is 13.5. The Bertz CT molecular complexity index is 1870. The smallest absolute Gasteiger partial charge is 0.391 e. The van der Waals surface area contributed by atoms with Crippen LogP contribution in [0.3, 0.4) is 0 Å². The first kappa shape index (κ1) is 35.6. The molecule has 2 atom stereocenters. The van der Waals surface area contributed by atoms with Gasteiger partial charge < -0.3 is 10.4 Å². The van der Waals surface area contributed by atoms with E-state index in [0.29, 0.717) is 11.1 Å². The van der Waals surface area contributed by atoms with Crippen LogP contribution < -0.4 is 14.3 Å². The third-order valence-corrected chi connectivity index (χ3v) is 9.63. The average molecular weight is 690 g/mol. The van der Waals surface area contributed by atoms with E-state index in [0.717, 1.165) is 22.7 Å². The molecule has 0 unspecified atom stereocenters. The van der Waals surface area contributed by atoms with Crippen molar-refractivity contribution in [3.63, 3.8) is 0 Å². The highest BCUT2D eigenvalue weighted by Crippen LogP contribution is 2.32. The highest BCUT2D eigenvalue weighted by Gasteiger charge is 2.31. The molecule has 4 aromatic carbocycles. The number of aliphatic hydroxyl groups is 1. The number of hydrogen-bond acceptors (Lipinski definition) is 7. The summed E-state index contributed by atoms with van der Waals surface area (Å²) < 4.78 is 94.7. The van der Waals surface area contributed by atoms with Gasteiger partial charge in [-0.05, 0) is 47.9 Å². The van der Waals surface area contributed by atoms with Gasteiger partial charge in [0.15, 0.2) is 0 Å². The third kappa shape index (κ3) is 10.1. The van der Waals surface area contributed by atoms with Crippen molar-refractivity contribution in [2.75, 3.05) is 22.9 Å². The zero-order valence-corrected chi connectivity index (χ0v) is 26.9. The van der Waals surface area contributed by atoms with Crippen LogP contribution in [0.1, 0.15) is 27.0 Å². The Morgan fingerprint density at radius 2 is 1.43 bits per heavy atom. The Balaban J connectivity index is 1.53. The first-order valence-corrected chi connectivity index (χ1v) is 17.9. The number of sulfonamides is 2. The summed E-state index contributed by atoms with van der Waals surface area (Å²) in [5.41, 5.74) is 0.187. The molecule has 4 rings (SSSR count). The minimum Gasteiger partial charge on any atom is -0.391 e. The van der Waals surface area contributed by atoms with Crippen molar-refractivity contribution in [3.05, 3.63) is 131 Å². The minimum atomic E-state index is -4.51. The van der Waals surface area contributed by atoms with Crippen molar-refractivity contribution in [3.8, 4) is 0 Å². The molecule has 1 amide bonds. The number of nitrogens with zero attached hydrogens (tertiary/aromatic N) is 1. The molecule has 250 valence electrons. The summed E-state index contributed by atoms with van der Waals surface area (Å²) in [7, 11) is -8.38. The van der Waals surface area contributed by atoms with Gasteiger partial charge in [0.2, 0.25) is 20.0 Å². The van der Waals surface area contributed by atoms with Crippen LogP contribution in [0.4, 0.5) is 24.5 Å². The molecule has 4 aromatic rings. The van der Waals surface area contributed by atoms with Crippen LogP contribution in [-0.4, -0.2) is 52.5 Å². The molecule has 0 saturated carbocycles. The molecule has 14 heteroatoms. The summed E-state index contributed by atoms with van der Waals surface area (Å²) in [5.74, 6) is -2.69. The highest BCUT2D eigenvalue weighted by molar-refractivity contribution is 7.92. The fraction of sp³-hybridized carbons (Fsp3) is 0.242. The Morgan fingerprint density at radius 3 is 2.06 bits per heavy atom. The maximum Gasteiger partial charge on any atom is 0.416 e. The molecule has 0 fully saturated rings. The molecule has 0 aromatic heterocycles. The van der Waals surface area contributed by atoms with Gasteiger partial charge >= 0.3 is 6.18 Å². The van der Waals surface area contributed by atoms with E-state index in [1.165, 1.54) is 48.5 Å². The number of hydrogen-bond donors (Lipinski definition) is 3. The predicted molar refractivity (Wildman–Crippen MR) is 174 cm³/mol. The summed E-state index contributed by atoms with van der Waals surface area (Å²) in [6.07, 6.45) is -4.73. The van der Waals surface area contributed by atoms with Gasteiger partial charge in [0.1, 0.15) is 0 Å². The van der Waals surface area contributed by atoms with Crippen LogP contribution in [0.15, 0.2) is 109 Å². The first-order valence-electron chi connectivity index (χ1n) is 14.4. The van der Waals surface area contributed by atoms with Crippen molar-refractivity contribution < 1.29 is 39.9 Å². The molecule has 3 N–H and O–H groups in total. The molecule has 0 aliphatic heterocycles. The number of aliphatic hydroxyl groups excluding tert-OH is 1. The van der Waals surface area contributed by atoms with Crippen molar-refractivity contribution in [1.82, 2.24) is 10.0 Å².